The predicted molar refractivity (Wildman–Crippen MR) is 75.1 cm³/mol. The van der Waals surface area contributed by atoms with Crippen LogP contribution in [0.1, 0.15) is 54.1 Å². The smallest absolute Gasteiger partial charge is 0.183 e. The summed E-state index contributed by atoms with van der Waals surface area (Å²) < 4.78 is 0. The normalized spacial score (nSPS) is 23.3. The van der Waals surface area contributed by atoms with Crippen LogP contribution in [0.25, 0.3) is 0 Å². The summed E-state index contributed by atoms with van der Waals surface area (Å²) in [5.41, 5.74) is 2.86. The molecule has 2 nitrogen and oxygen atoms in total. The van der Waals surface area contributed by atoms with Gasteiger partial charge in [-0.15, -0.1) is 0 Å². The Morgan fingerprint density at radius 3 is 2.78 bits per heavy atom. The highest BCUT2D eigenvalue weighted by Gasteiger charge is 2.40. The molecule has 1 saturated heterocycles. The van der Waals surface area contributed by atoms with E-state index in [-0.39, 0.29) is 5.54 Å². The number of hydrogen-bond acceptors (Lipinski definition) is 2. The maximum atomic E-state index is 12.9. The molecule has 1 heterocycles. The molecule has 18 heavy (non-hydrogen) atoms. The number of hydrogen-bond donors (Lipinski definition) is 1. The quantitative estimate of drug-likeness (QED) is 0.824. The zero-order valence-corrected chi connectivity index (χ0v) is 11.7. The standard InChI is InChI=1S/C16H23NO/c1-4-8-16(9-5-10-17-16)15(18)14-11-12(2)6-7-13(14)3/h6-7,11,17H,4-5,8-10H2,1-3H3. The molecule has 0 spiro atoms. The molecule has 98 valence electrons. The van der Waals surface area contributed by atoms with Crippen LogP contribution in [0.3, 0.4) is 0 Å². The first-order chi connectivity index (χ1) is 8.59. The van der Waals surface area contributed by atoms with Crippen molar-refractivity contribution >= 4 is 5.78 Å². The van der Waals surface area contributed by atoms with Crippen LogP contribution in [0.5, 0.6) is 0 Å². The minimum Gasteiger partial charge on any atom is -0.305 e. The lowest BCUT2D eigenvalue weighted by atomic mass is 9.82. The van der Waals surface area contributed by atoms with Gasteiger partial charge < -0.3 is 5.32 Å². The van der Waals surface area contributed by atoms with E-state index in [0.717, 1.165) is 48.9 Å². The molecule has 2 heteroatoms. The van der Waals surface area contributed by atoms with E-state index in [0.29, 0.717) is 5.78 Å². The molecule has 1 aliphatic rings. The SMILES string of the molecule is CCCC1(C(=O)c2cc(C)ccc2C)CCCN1. The fraction of sp³-hybridized carbons (Fsp3) is 0.562. The number of Topliss-reactive ketones (excluding diaryl/α,β-unsaturated/α-hetero) is 1. The molecule has 0 amide bonds. The van der Waals surface area contributed by atoms with E-state index in [1.165, 1.54) is 0 Å². The largest absolute Gasteiger partial charge is 0.305 e. The first-order valence-electron chi connectivity index (χ1n) is 6.96. The third kappa shape index (κ3) is 2.35. The van der Waals surface area contributed by atoms with Crippen molar-refractivity contribution in [1.82, 2.24) is 5.32 Å². The lowest BCUT2D eigenvalue weighted by Gasteiger charge is -2.28. The zero-order valence-electron chi connectivity index (χ0n) is 11.7. The summed E-state index contributed by atoms with van der Waals surface area (Å²) >= 11 is 0. The predicted octanol–water partition coefficient (Wildman–Crippen LogP) is 3.41. The second kappa shape index (κ2) is 5.23. The van der Waals surface area contributed by atoms with Crippen molar-refractivity contribution in [1.29, 1.82) is 0 Å². The van der Waals surface area contributed by atoms with Crippen LogP contribution in [-0.4, -0.2) is 17.9 Å². The summed E-state index contributed by atoms with van der Waals surface area (Å²) in [6, 6.07) is 6.16. The van der Waals surface area contributed by atoms with Gasteiger partial charge in [-0.25, -0.2) is 0 Å². The fourth-order valence-electron chi connectivity index (χ4n) is 2.99. The van der Waals surface area contributed by atoms with Crippen LogP contribution >= 0.6 is 0 Å². The van der Waals surface area contributed by atoms with Gasteiger partial charge in [0, 0.05) is 5.56 Å². The first-order valence-corrected chi connectivity index (χ1v) is 6.96. The molecule has 0 aliphatic carbocycles. The molecule has 1 aromatic carbocycles. The van der Waals surface area contributed by atoms with E-state index in [2.05, 4.69) is 24.4 Å². The summed E-state index contributed by atoms with van der Waals surface area (Å²) in [5, 5.41) is 3.47. The number of carbonyl (C=O) groups is 1. The molecule has 2 rings (SSSR count). The van der Waals surface area contributed by atoms with Crippen LogP contribution < -0.4 is 5.32 Å². The van der Waals surface area contributed by atoms with Crippen LogP contribution in [-0.2, 0) is 0 Å². The molecular weight excluding hydrogens is 222 g/mol. The molecule has 1 atom stereocenters. The van der Waals surface area contributed by atoms with E-state index < -0.39 is 0 Å². The van der Waals surface area contributed by atoms with Gasteiger partial charge in [0.25, 0.3) is 0 Å². The maximum absolute atomic E-state index is 12.9. The maximum Gasteiger partial charge on any atom is 0.183 e. The van der Waals surface area contributed by atoms with Crippen molar-refractivity contribution in [2.75, 3.05) is 6.54 Å². The van der Waals surface area contributed by atoms with E-state index in [1.807, 2.05) is 19.9 Å². The van der Waals surface area contributed by atoms with Crippen molar-refractivity contribution in [3.63, 3.8) is 0 Å². The number of nitrogens with one attached hydrogen (secondary N) is 1. The molecule has 1 aliphatic heterocycles. The third-order valence-corrected chi connectivity index (χ3v) is 3.99. The van der Waals surface area contributed by atoms with E-state index >= 15 is 0 Å². The molecule has 0 radical (unpaired) electrons. The Hall–Kier alpha value is -1.15. The number of carbonyl (C=O) groups excluding carboxylic acids is 1. The van der Waals surface area contributed by atoms with Gasteiger partial charge in [0.2, 0.25) is 0 Å². The van der Waals surface area contributed by atoms with Gasteiger partial charge in [0.15, 0.2) is 5.78 Å². The number of benzene rings is 1. The van der Waals surface area contributed by atoms with Gasteiger partial charge in [-0.1, -0.05) is 31.0 Å². The highest BCUT2D eigenvalue weighted by molar-refractivity contribution is 6.04. The Balaban J connectivity index is 2.36. The van der Waals surface area contributed by atoms with E-state index in [9.17, 15) is 4.79 Å². The highest BCUT2D eigenvalue weighted by Crippen LogP contribution is 2.30. The fourth-order valence-corrected chi connectivity index (χ4v) is 2.99. The molecule has 1 N–H and O–H groups in total. The van der Waals surface area contributed by atoms with Crippen molar-refractivity contribution in [2.24, 2.45) is 0 Å². The van der Waals surface area contributed by atoms with Crippen molar-refractivity contribution in [3.8, 4) is 0 Å². The Morgan fingerprint density at radius 1 is 1.39 bits per heavy atom. The number of ketones is 1. The van der Waals surface area contributed by atoms with Crippen molar-refractivity contribution in [2.45, 2.75) is 52.0 Å². The van der Waals surface area contributed by atoms with Gasteiger partial charge in [-0.2, -0.15) is 0 Å². The molecule has 1 unspecified atom stereocenters. The molecule has 1 aromatic rings. The Morgan fingerprint density at radius 2 is 2.17 bits per heavy atom. The van der Waals surface area contributed by atoms with Gasteiger partial charge in [-0.05, 0) is 51.3 Å². The van der Waals surface area contributed by atoms with Crippen LogP contribution in [0.4, 0.5) is 0 Å². The number of aryl methyl sites for hydroxylation is 2. The highest BCUT2D eigenvalue weighted by atomic mass is 16.1. The van der Waals surface area contributed by atoms with Crippen LogP contribution in [0.2, 0.25) is 0 Å². The van der Waals surface area contributed by atoms with Crippen molar-refractivity contribution < 1.29 is 4.79 Å². The van der Waals surface area contributed by atoms with Crippen LogP contribution in [0.15, 0.2) is 18.2 Å². The Labute approximate surface area is 110 Å². The Bertz CT molecular complexity index is 444. The summed E-state index contributed by atoms with van der Waals surface area (Å²) in [7, 11) is 0. The Kier molecular flexibility index (Phi) is 3.86. The molecule has 1 fully saturated rings. The minimum atomic E-state index is -0.298. The van der Waals surface area contributed by atoms with Crippen LogP contribution in [0, 0.1) is 13.8 Å². The lowest BCUT2D eigenvalue weighted by Crippen LogP contribution is -2.47. The average molecular weight is 245 g/mol. The topological polar surface area (TPSA) is 29.1 Å². The second-order valence-corrected chi connectivity index (χ2v) is 5.51. The average Bonchev–Trinajstić information content (AvgIpc) is 2.82. The monoisotopic (exact) mass is 245 g/mol. The minimum absolute atomic E-state index is 0.294. The zero-order chi connectivity index (χ0) is 13.2. The summed E-state index contributed by atoms with van der Waals surface area (Å²) in [5.74, 6) is 0.294. The van der Waals surface area contributed by atoms with E-state index in [1.54, 1.807) is 0 Å². The van der Waals surface area contributed by atoms with E-state index in [4.69, 9.17) is 0 Å². The molecule has 0 saturated carbocycles. The summed E-state index contributed by atoms with van der Waals surface area (Å²) in [6.07, 6.45) is 4.08. The molecular formula is C16H23NO. The van der Waals surface area contributed by atoms with Gasteiger partial charge >= 0.3 is 0 Å². The first kappa shape index (κ1) is 13.3. The molecule has 0 aromatic heterocycles. The molecule has 0 bridgehead atoms. The van der Waals surface area contributed by atoms with Gasteiger partial charge in [0.1, 0.15) is 0 Å². The third-order valence-electron chi connectivity index (χ3n) is 3.99. The second-order valence-electron chi connectivity index (χ2n) is 5.51. The van der Waals surface area contributed by atoms with Gasteiger partial charge in [-0.3, -0.25) is 4.79 Å². The summed E-state index contributed by atoms with van der Waals surface area (Å²) in [6.45, 7) is 7.20. The van der Waals surface area contributed by atoms with Gasteiger partial charge in [0.05, 0.1) is 5.54 Å². The summed E-state index contributed by atoms with van der Waals surface area (Å²) in [4.78, 5) is 12.9. The van der Waals surface area contributed by atoms with Crippen molar-refractivity contribution in [3.05, 3.63) is 34.9 Å². The number of rotatable bonds is 4. The lowest BCUT2D eigenvalue weighted by molar-refractivity contribution is 0.0857.